The molecule has 0 saturated heterocycles. The van der Waals surface area contributed by atoms with Crippen LogP contribution in [0.5, 0.6) is 5.88 Å². The monoisotopic (exact) mass is 557 g/mol. The van der Waals surface area contributed by atoms with Gasteiger partial charge < -0.3 is 14.7 Å². The molecule has 1 aromatic carbocycles. The number of likely N-dealkylation sites (N-methyl/N-ethyl adjacent to an activating group) is 1. The fourth-order valence-corrected chi connectivity index (χ4v) is 6.19. The molecule has 0 unspecified atom stereocenters. The second-order valence-electron chi connectivity index (χ2n) is 10.5. The molecule has 0 spiro atoms. The van der Waals surface area contributed by atoms with E-state index in [1.165, 1.54) is 44.5 Å². The van der Waals surface area contributed by atoms with Crippen molar-refractivity contribution in [1.29, 1.82) is 0 Å². The van der Waals surface area contributed by atoms with Gasteiger partial charge in [-0.15, -0.1) is 0 Å². The molecule has 1 amide bonds. The van der Waals surface area contributed by atoms with E-state index in [1.807, 2.05) is 6.92 Å². The first-order valence-corrected chi connectivity index (χ1v) is 14.9. The third-order valence-electron chi connectivity index (χ3n) is 7.49. The highest BCUT2D eigenvalue weighted by Gasteiger charge is 2.36. The summed E-state index contributed by atoms with van der Waals surface area (Å²) in [4.78, 5) is 19.4. The molecule has 2 aromatic rings. The molecule has 2 aliphatic rings. The van der Waals surface area contributed by atoms with Crippen LogP contribution in [0, 0.1) is 29.5 Å². The van der Waals surface area contributed by atoms with Crippen LogP contribution >= 0.6 is 0 Å². The molecule has 8 nitrogen and oxygen atoms in total. The van der Waals surface area contributed by atoms with E-state index >= 15 is 0 Å². The zero-order valence-electron chi connectivity index (χ0n) is 22.6. The maximum absolute atomic E-state index is 13.7. The van der Waals surface area contributed by atoms with Gasteiger partial charge in [-0.1, -0.05) is 44.1 Å². The molecule has 10 heteroatoms. The van der Waals surface area contributed by atoms with Gasteiger partial charge in [0.15, 0.2) is 0 Å². The number of fused-ring (bicyclic) bond motifs is 1. The number of halogens is 1. The first-order chi connectivity index (χ1) is 18.6. The van der Waals surface area contributed by atoms with Gasteiger partial charge in [0.1, 0.15) is 17.5 Å². The average molecular weight is 558 g/mol. The summed E-state index contributed by atoms with van der Waals surface area (Å²) in [5.41, 5.74) is 0.821. The van der Waals surface area contributed by atoms with Crippen LogP contribution in [-0.4, -0.2) is 72.5 Å². The number of rotatable bonds is 6. The van der Waals surface area contributed by atoms with E-state index in [0.717, 1.165) is 23.2 Å². The molecule has 0 bridgehead atoms. The highest BCUT2D eigenvalue weighted by Crippen LogP contribution is 2.29. The van der Waals surface area contributed by atoms with Crippen molar-refractivity contribution in [3.8, 4) is 17.7 Å². The van der Waals surface area contributed by atoms with Gasteiger partial charge in [-0.05, 0) is 44.0 Å². The Balaban J connectivity index is 1.65. The smallest absolute Gasteiger partial charge is 0.259 e. The molecule has 1 aromatic heterocycles. The minimum atomic E-state index is -4.00. The molecule has 1 saturated carbocycles. The first-order valence-electron chi connectivity index (χ1n) is 13.4. The second-order valence-corrected chi connectivity index (χ2v) is 12.6. The van der Waals surface area contributed by atoms with Crippen LogP contribution in [0.2, 0.25) is 0 Å². The lowest BCUT2D eigenvalue weighted by atomic mass is 9.90. The van der Waals surface area contributed by atoms with Crippen LogP contribution in [0.4, 0.5) is 4.39 Å². The molecule has 1 N–H and O–H groups in total. The first kappa shape index (κ1) is 29.0. The molecule has 1 aliphatic heterocycles. The lowest BCUT2D eigenvalue weighted by Crippen LogP contribution is -2.50. The maximum Gasteiger partial charge on any atom is 0.259 e. The van der Waals surface area contributed by atoms with E-state index in [1.54, 1.807) is 24.1 Å². The van der Waals surface area contributed by atoms with Crippen LogP contribution in [0.15, 0.2) is 41.4 Å². The predicted octanol–water partition coefficient (Wildman–Crippen LogP) is 3.69. The molecule has 1 aliphatic carbocycles. The van der Waals surface area contributed by atoms with E-state index in [4.69, 9.17) is 4.74 Å². The molecule has 2 heterocycles. The van der Waals surface area contributed by atoms with E-state index in [9.17, 15) is 22.7 Å². The molecule has 1 fully saturated rings. The lowest BCUT2D eigenvalue weighted by molar-refractivity contribution is 0.0373. The Hall–Kier alpha value is -3.00. The number of ether oxygens (including phenoxy) is 1. The average Bonchev–Trinajstić information content (AvgIpc) is 2.93. The lowest BCUT2D eigenvalue weighted by Gasteiger charge is -2.37. The van der Waals surface area contributed by atoms with Gasteiger partial charge in [0, 0.05) is 37.2 Å². The topological polar surface area (TPSA) is 100 Å². The fraction of sp³-hybridized carbons (Fsp3) is 0.517. The van der Waals surface area contributed by atoms with E-state index in [-0.39, 0.29) is 47.9 Å². The Bertz CT molecular complexity index is 1350. The number of aliphatic hydroxyl groups is 1. The number of amides is 1. The van der Waals surface area contributed by atoms with Crippen LogP contribution in [0.1, 0.15) is 61.9 Å². The van der Waals surface area contributed by atoms with Crippen LogP contribution < -0.4 is 4.74 Å². The Morgan fingerprint density at radius 3 is 2.69 bits per heavy atom. The summed E-state index contributed by atoms with van der Waals surface area (Å²) in [6, 6.07) is 6.04. The zero-order chi connectivity index (χ0) is 28.2. The molecule has 210 valence electrons. The van der Waals surface area contributed by atoms with Gasteiger partial charge in [0.2, 0.25) is 15.9 Å². The number of carbonyl (C=O) groups is 1. The normalized spacial score (nSPS) is 21.3. The molecule has 3 atom stereocenters. The largest absolute Gasteiger partial charge is 0.472 e. The number of benzene rings is 1. The number of carbonyl (C=O) groups excluding carboxylic acids is 1. The van der Waals surface area contributed by atoms with Crippen LogP contribution in [0.3, 0.4) is 0 Å². The Kier molecular flexibility index (Phi) is 9.26. The number of hydrogen-bond acceptors (Lipinski definition) is 6. The molecular weight excluding hydrogens is 521 g/mol. The van der Waals surface area contributed by atoms with Crippen molar-refractivity contribution in [2.24, 2.45) is 11.8 Å². The van der Waals surface area contributed by atoms with E-state index < -0.39 is 28.0 Å². The summed E-state index contributed by atoms with van der Waals surface area (Å²) >= 11 is 0. The Morgan fingerprint density at radius 1 is 1.26 bits per heavy atom. The highest BCUT2D eigenvalue weighted by molar-refractivity contribution is 7.89. The van der Waals surface area contributed by atoms with Gasteiger partial charge in [-0.3, -0.25) is 4.79 Å². The summed E-state index contributed by atoms with van der Waals surface area (Å²) < 4.78 is 47.4. The predicted molar refractivity (Wildman–Crippen MR) is 145 cm³/mol. The van der Waals surface area contributed by atoms with Gasteiger partial charge >= 0.3 is 0 Å². The summed E-state index contributed by atoms with van der Waals surface area (Å²) in [5, 5.41) is 9.87. The third kappa shape index (κ3) is 6.78. The number of nitrogens with zero attached hydrogens (tertiary/aromatic N) is 3. The van der Waals surface area contributed by atoms with Crippen molar-refractivity contribution in [2.75, 3.05) is 26.7 Å². The quantitative estimate of drug-likeness (QED) is 0.544. The fourth-order valence-electron chi connectivity index (χ4n) is 4.98. The second kappa shape index (κ2) is 12.5. The maximum atomic E-state index is 13.7. The van der Waals surface area contributed by atoms with Gasteiger partial charge in [0.05, 0.1) is 24.1 Å². The van der Waals surface area contributed by atoms with E-state index in [0.29, 0.717) is 11.5 Å². The number of aliphatic hydroxyl groups excluding tert-OH is 1. The summed E-state index contributed by atoms with van der Waals surface area (Å²) in [7, 11) is -2.59. The van der Waals surface area contributed by atoms with Gasteiger partial charge in [-0.2, -0.15) is 4.31 Å². The van der Waals surface area contributed by atoms with Crippen molar-refractivity contribution in [3.05, 3.63) is 53.5 Å². The van der Waals surface area contributed by atoms with Crippen LogP contribution in [0.25, 0.3) is 0 Å². The van der Waals surface area contributed by atoms with E-state index in [2.05, 4.69) is 16.8 Å². The number of hydrogen-bond donors (Lipinski definition) is 1. The number of aromatic nitrogens is 1. The SMILES string of the molecule is C[C@H]1CN([C@@H](C)CO)C(=O)c2cc(C#CC3CCCCC3)cnc2O[C@H]1CN(C)S(=O)(=O)c1cccc(F)c1. The minimum absolute atomic E-state index is 0.0556. The van der Waals surface area contributed by atoms with Crippen molar-refractivity contribution in [2.45, 2.75) is 63.0 Å². The highest BCUT2D eigenvalue weighted by atomic mass is 32.2. The van der Waals surface area contributed by atoms with Crippen molar-refractivity contribution in [1.82, 2.24) is 14.2 Å². The molecule has 0 radical (unpaired) electrons. The molecular formula is C29H36FN3O5S. The molecule has 39 heavy (non-hydrogen) atoms. The Labute approximate surface area is 230 Å². The van der Waals surface area contributed by atoms with Crippen molar-refractivity contribution < 1.29 is 27.4 Å². The molecule has 4 rings (SSSR count). The number of sulfonamides is 1. The van der Waals surface area contributed by atoms with Crippen molar-refractivity contribution >= 4 is 15.9 Å². The summed E-state index contributed by atoms with van der Waals surface area (Å²) in [5.74, 6) is 5.62. The van der Waals surface area contributed by atoms with Crippen molar-refractivity contribution in [3.63, 3.8) is 0 Å². The van der Waals surface area contributed by atoms with Crippen LogP contribution in [-0.2, 0) is 10.0 Å². The van der Waals surface area contributed by atoms with Gasteiger partial charge in [-0.25, -0.2) is 17.8 Å². The number of pyridine rings is 1. The van der Waals surface area contributed by atoms with Gasteiger partial charge in [0.25, 0.3) is 5.91 Å². The minimum Gasteiger partial charge on any atom is -0.472 e. The summed E-state index contributed by atoms with van der Waals surface area (Å²) in [6.45, 7) is 3.55. The Morgan fingerprint density at radius 2 is 2.00 bits per heavy atom. The third-order valence-corrected chi connectivity index (χ3v) is 9.31. The summed E-state index contributed by atoms with van der Waals surface area (Å²) in [6.07, 6.45) is 6.61. The standard InChI is InChI=1S/C29H36FN3O5S/c1-20-17-33(21(2)19-34)29(35)26-14-23(13-12-22-8-5-4-6-9-22)16-31-28(26)38-27(20)18-32(3)39(36,37)25-11-7-10-24(30)15-25/h7,10-11,14-16,20-22,27,34H,4-6,8-9,17-19H2,1-3H3/t20-,21-,27-/m0/s1. The zero-order valence-corrected chi connectivity index (χ0v) is 23.5.